The highest BCUT2D eigenvalue weighted by molar-refractivity contribution is 6.30. The van der Waals surface area contributed by atoms with Crippen LogP contribution in [0.15, 0.2) is 120 Å². The molecule has 0 atom stereocenters. The molecule has 0 saturated carbocycles. The first kappa shape index (κ1) is 21.0. The van der Waals surface area contributed by atoms with E-state index in [0.717, 1.165) is 17.1 Å². The molecule has 0 aliphatic heterocycles. The molecule has 3 heteroatoms. The predicted molar refractivity (Wildman–Crippen MR) is 131 cm³/mol. The van der Waals surface area contributed by atoms with E-state index >= 15 is 0 Å². The minimum Gasteiger partial charge on any atom is -0.298 e. The van der Waals surface area contributed by atoms with Gasteiger partial charge in [-0.25, -0.2) is 0 Å². The van der Waals surface area contributed by atoms with Crippen molar-refractivity contribution in [2.45, 2.75) is 5.54 Å². The average Bonchev–Trinajstić information content (AvgIpc) is 2.84. The maximum Gasteiger partial charge on any atom is 0.0948 e. The van der Waals surface area contributed by atoms with E-state index in [2.05, 4.69) is 101 Å². The lowest BCUT2D eigenvalue weighted by Crippen LogP contribution is -2.45. The molecule has 0 aliphatic carbocycles. The lowest BCUT2D eigenvalue weighted by atomic mass is 9.77. The molecule has 0 amide bonds. The molecular formula is C28H25ClN2. The maximum absolute atomic E-state index is 5.97. The van der Waals surface area contributed by atoms with Crippen LogP contribution in [0.1, 0.15) is 22.3 Å². The van der Waals surface area contributed by atoms with Crippen LogP contribution in [0.2, 0.25) is 5.02 Å². The molecule has 0 fully saturated rings. The molecule has 0 saturated heterocycles. The number of hydrogen-bond acceptors (Lipinski definition) is 2. The molecule has 0 aliphatic rings. The fraction of sp³-hybridized carbons (Fsp3) is 0.107. The van der Waals surface area contributed by atoms with E-state index < -0.39 is 5.54 Å². The maximum atomic E-state index is 5.97. The normalized spacial score (nSPS) is 11.6. The number of nitrogens with zero attached hydrogens (tertiary/aromatic N) is 1. The van der Waals surface area contributed by atoms with E-state index in [9.17, 15) is 0 Å². The molecule has 31 heavy (non-hydrogen) atoms. The van der Waals surface area contributed by atoms with Crippen LogP contribution in [0, 0.1) is 0 Å². The van der Waals surface area contributed by atoms with E-state index in [4.69, 9.17) is 11.6 Å². The standard InChI is InChI=1S/C28H25ClN2/c29-27-18-16-23(17-19-27)22-30-20-21-31-28(24-10-4-1-5-11-24,25-12-6-2-7-13-25)26-14-8-3-9-15-26/h1-19,22,31H,20-21H2. The number of hydrogen-bond donors (Lipinski definition) is 1. The van der Waals surface area contributed by atoms with Gasteiger partial charge in [0.25, 0.3) is 0 Å². The van der Waals surface area contributed by atoms with Gasteiger partial charge in [-0.1, -0.05) is 115 Å². The van der Waals surface area contributed by atoms with Gasteiger partial charge in [0.15, 0.2) is 0 Å². The van der Waals surface area contributed by atoms with Crippen molar-refractivity contribution in [3.8, 4) is 0 Å². The van der Waals surface area contributed by atoms with Crippen LogP contribution in [0.25, 0.3) is 0 Å². The topological polar surface area (TPSA) is 24.4 Å². The first-order valence-electron chi connectivity index (χ1n) is 10.5. The van der Waals surface area contributed by atoms with Crippen molar-refractivity contribution in [2.75, 3.05) is 13.1 Å². The Kier molecular flexibility index (Phi) is 6.93. The van der Waals surface area contributed by atoms with Crippen molar-refractivity contribution in [3.05, 3.63) is 143 Å². The minimum absolute atomic E-state index is 0.459. The summed E-state index contributed by atoms with van der Waals surface area (Å²) in [5, 5.41) is 4.58. The molecule has 2 nitrogen and oxygen atoms in total. The van der Waals surface area contributed by atoms with E-state index in [1.54, 1.807) is 0 Å². The fourth-order valence-electron chi connectivity index (χ4n) is 3.90. The lowest BCUT2D eigenvalue weighted by Gasteiger charge is -2.37. The van der Waals surface area contributed by atoms with Crippen molar-refractivity contribution in [1.82, 2.24) is 5.32 Å². The quantitative estimate of drug-likeness (QED) is 0.199. The summed E-state index contributed by atoms with van der Waals surface area (Å²) in [5.74, 6) is 0. The zero-order chi connectivity index (χ0) is 21.4. The third kappa shape index (κ3) is 4.93. The monoisotopic (exact) mass is 424 g/mol. The molecule has 0 bridgehead atoms. The molecule has 4 rings (SSSR count). The molecule has 4 aromatic carbocycles. The second-order valence-electron chi connectivity index (χ2n) is 7.36. The summed E-state index contributed by atoms with van der Waals surface area (Å²) in [7, 11) is 0. The average molecular weight is 425 g/mol. The first-order valence-corrected chi connectivity index (χ1v) is 10.8. The van der Waals surface area contributed by atoms with E-state index in [0.29, 0.717) is 6.54 Å². The number of aliphatic imine (C=N–C) groups is 1. The van der Waals surface area contributed by atoms with Crippen molar-refractivity contribution >= 4 is 17.8 Å². The van der Waals surface area contributed by atoms with Gasteiger partial charge in [-0.15, -0.1) is 0 Å². The Morgan fingerprint density at radius 1 is 0.645 bits per heavy atom. The summed E-state index contributed by atoms with van der Waals surface area (Å²) in [6.07, 6.45) is 1.90. The van der Waals surface area contributed by atoms with Crippen molar-refractivity contribution in [1.29, 1.82) is 0 Å². The molecule has 154 valence electrons. The smallest absolute Gasteiger partial charge is 0.0948 e. The molecule has 4 aromatic rings. The van der Waals surface area contributed by atoms with Crippen molar-refractivity contribution in [3.63, 3.8) is 0 Å². The molecule has 0 spiro atoms. The molecule has 0 aromatic heterocycles. The Bertz CT molecular complexity index is 995. The molecule has 1 N–H and O–H groups in total. The van der Waals surface area contributed by atoms with Gasteiger partial charge in [-0.05, 0) is 34.4 Å². The summed E-state index contributed by atoms with van der Waals surface area (Å²) in [5.41, 5.74) is 4.20. The van der Waals surface area contributed by atoms with E-state index in [1.807, 2.05) is 30.5 Å². The van der Waals surface area contributed by atoms with Crippen molar-refractivity contribution < 1.29 is 0 Å². The lowest BCUT2D eigenvalue weighted by molar-refractivity contribution is 0.480. The highest BCUT2D eigenvalue weighted by atomic mass is 35.5. The number of halogens is 1. The summed E-state index contributed by atoms with van der Waals surface area (Å²) < 4.78 is 0. The summed E-state index contributed by atoms with van der Waals surface area (Å²) in [6.45, 7) is 1.39. The second-order valence-corrected chi connectivity index (χ2v) is 7.80. The third-order valence-corrected chi connectivity index (χ3v) is 5.61. The molecular weight excluding hydrogens is 400 g/mol. The first-order chi connectivity index (χ1) is 15.3. The van der Waals surface area contributed by atoms with Crippen LogP contribution >= 0.6 is 11.6 Å². The summed E-state index contributed by atoms with van der Waals surface area (Å²) in [4.78, 5) is 4.62. The van der Waals surface area contributed by atoms with Gasteiger partial charge in [0.05, 0.1) is 12.1 Å². The van der Waals surface area contributed by atoms with Crippen LogP contribution < -0.4 is 5.32 Å². The molecule has 0 heterocycles. The minimum atomic E-state index is -0.459. The highest BCUT2D eigenvalue weighted by Gasteiger charge is 2.35. The van der Waals surface area contributed by atoms with Crippen molar-refractivity contribution in [2.24, 2.45) is 4.99 Å². The number of nitrogens with one attached hydrogen (secondary N) is 1. The summed E-state index contributed by atoms with van der Waals surface area (Å²) in [6, 6.07) is 39.5. The zero-order valence-electron chi connectivity index (χ0n) is 17.3. The number of rotatable bonds is 8. The van der Waals surface area contributed by atoms with Gasteiger partial charge >= 0.3 is 0 Å². The van der Waals surface area contributed by atoms with Crippen LogP contribution in [0.5, 0.6) is 0 Å². The largest absolute Gasteiger partial charge is 0.298 e. The fourth-order valence-corrected chi connectivity index (χ4v) is 4.02. The Balaban J connectivity index is 1.64. The van der Waals surface area contributed by atoms with E-state index in [-0.39, 0.29) is 0 Å². The Labute approximate surface area is 189 Å². The van der Waals surface area contributed by atoms with Gasteiger partial charge in [-0.2, -0.15) is 0 Å². The van der Waals surface area contributed by atoms with Crippen LogP contribution in [0.3, 0.4) is 0 Å². The Hall–Kier alpha value is -3.20. The second kappa shape index (κ2) is 10.2. The van der Waals surface area contributed by atoms with Crippen LogP contribution in [-0.2, 0) is 5.54 Å². The van der Waals surface area contributed by atoms with Gasteiger partial charge in [-0.3, -0.25) is 10.3 Å². The predicted octanol–water partition coefficient (Wildman–Crippen LogP) is 6.34. The third-order valence-electron chi connectivity index (χ3n) is 5.36. The molecule has 0 radical (unpaired) electrons. The Morgan fingerprint density at radius 3 is 1.55 bits per heavy atom. The van der Waals surface area contributed by atoms with Gasteiger partial charge in [0.1, 0.15) is 0 Å². The van der Waals surface area contributed by atoms with Crippen LogP contribution in [0.4, 0.5) is 0 Å². The number of benzene rings is 4. The zero-order valence-corrected chi connectivity index (χ0v) is 18.0. The van der Waals surface area contributed by atoms with E-state index in [1.165, 1.54) is 16.7 Å². The van der Waals surface area contributed by atoms with Gasteiger partial charge in [0, 0.05) is 17.8 Å². The van der Waals surface area contributed by atoms with Crippen LogP contribution in [-0.4, -0.2) is 19.3 Å². The summed E-state index contributed by atoms with van der Waals surface area (Å²) >= 11 is 5.97. The SMILES string of the molecule is Clc1ccc(C=NCCNC(c2ccccc2)(c2ccccc2)c2ccccc2)cc1. The van der Waals surface area contributed by atoms with Gasteiger partial charge < -0.3 is 0 Å². The highest BCUT2D eigenvalue weighted by Crippen LogP contribution is 2.36. The van der Waals surface area contributed by atoms with Gasteiger partial charge in [0.2, 0.25) is 0 Å². The molecule has 0 unspecified atom stereocenters. The Morgan fingerprint density at radius 2 is 1.10 bits per heavy atom.